The van der Waals surface area contributed by atoms with Gasteiger partial charge in [-0.25, -0.2) is 0 Å². The van der Waals surface area contributed by atoms with Crippen molar-refractivity contribution in [2.24, 2.45) is 0 Å². The summed E-state index contributed by atoms with van der Waals surface area (Å²) in [4.78, 5) is 16.0. The van der Waals surface area contributed by atoms with Crippen molar-refractivity contribution in [1.29, 1.82) is 0 Å². The second kappa shape index (κ2) is 7.05. The molecule has 2 aliphatic heterocycles. The number of anilines is 1. The van der Waals surface area contributed by atoms with E-state index < -0.39 is 5.41 Å². The molecule has 0 saturated carbocycles. The maximum absolute atomic E-state index is 14.0. The van der Waals surface area contributed by atoms with Crippen LogP contribution in [0.4, 0.5) is 5.69 Å². The van der Waals surface area contributed by atoms with E-state index in [4.69, 9.17) is 4.74 Å². The summed E-state index contributed by atoms with van der Waals surface area (Å²) < 4.78 is 5.32. The molecule has 146 valence electrons. The molecule has 1 saturated heterocycles. The van der Waals surface area contributed by atoms with Crippen molar-refractivity contribution < 1.29 is 14.8 Å². The van der Waals surface area contributed by atoms with Crippen LogP contribution in [-0.4, -0.2) is 19.6 Å². The summed E-state index contributed by atoms with van der Waals surface area (Å²) in [7, 11) is 1.68. The van der Waals surface area contributed by atoms with Crippen LogP contribution in [0.3, 0.4) is 0 Å². The Bertz CT molecular complexity index is 1030. The smallest absolute Gasteiger partial charge is 0.244 e. The van der Waals surface area contributed by atoms with Gasteiger partial charge in [-0.05, 0) is 41.5 Å². The zero-order valence-corrected chi connectivity index (χ0v) is 16.5. The molecule has 0 aliphatic carbocycles. The van der Waals surface area contributed by atoms with Crippen LogP contribution < -0.4 is 15.0 Å². The average molecular weight is 385 g/mol. The van der Waals surface area contributed by atoms with Crippen molar-refractivity contribution in [2.75, 3.05) is 18.6 Å². The van der Waals surface area contributed by atoms with Crippen molar-refractivity contribution in [1.82, 2.24) is 0 Å². The van der Waals surface area contributed by atoms with E-state index in [1.165, 1.54) is 5.56 Å². The molecular weight excluding hydrogens is 360 g/mol. The highest BCUT2D eigenvalue weighted by Crippen LogP contribution is 2.51. The van der Waals surface area contributed by atoms with Gasteiger partial charge >= 0.3 is 0 Å². The average Bonchev–Trinajstić information content (AvgIpc) is 3.32. The minimum atomic E-state index is -0.514. The van der Waals surface area contributed by atoms with Gasteiger partial charge in [0.2, 0.25) is 5.91 Å². The lowest BCUT2D eigenvalue weighted by atomic mass is 9.73. The zero-order valence-electron chi connectivity index (χ0n) is 16.5. The van der Waals surface area contributed by atoms with Crippen LogP contribution in [0, 0.1) is 0 Å². The second-order valence-electron chi connectivity index (χ2n) is 7.89. The van der Waals surface area contributed by atoms with Crippen LogP contribution in [0.25, 0.3) is 0 Å². The fourth-order valence-electron chi connectivity index (χ4n) is 5.08. The molecule has 2 aliphatic rings. The van der Waals surface area contributed by atoms with Crippen LogP contribution in [0.1, 0.15) is 29.2 Å². The van der Waals surface area contributed by atoms with Crippen molar-refractivity contribution in [3.05, 3.63) is 95.6 Å². The molecule has 0 aromatic heterocycles. The first kappa shape index (κ1) is 18.0. The number of rotatable bonds is 4. The van der Waals surface area contributed by atoms with Gasteiger partial charge in [-0.2, -0.15) is 0 Å². The molecule has 2 N–H and O–H groups in total. The Hall–Kier alpha value is -3.11. The highest BCUT2D eigenvalue weighted by Gasteiger charge is 2.60. The van der Waals surface area contributed by atoms with Crippen molar-refractivity contribution in [3.8, 4) is 5.75 Å². The Morgan fingerprint density at radius 2 is 1.72 bits per heavy atom. The van der Waals surface area contributed by atoms with E-state index in [-0.39, 0.29) is 11.9 Å². The van der Waals surface area contributed by atoms with E-state index in [2.05, 4.69) is 47.8 Å². The third-order valence-corrected chi connectivity index (χ3v) is 6.43. The molecule has 1 amide bonds. The first-order chi connectivity index (χ1) is 14.2. The molecule has 5 rings (SSSR count). The fraction of sp³-hybridized carbons (Fsp3) is 0.240. The molecule has 0 bridgehead atoms. The van der Waals surface area contributed by atoms with E-state index >= 15 is 0 Å². The first-order valence-corrected chi connectivity index (χ1v) is 10.2. The molecule has 1 fully saturated rings. The van der Waals surface area contributed by atoms with Crippen LogP contribution in [0.5, 0.6) is 5.75 Å². The second-order valence-corrected chi connectivity index (χ2v) is 7.89. The molecule has 29 heavy (non-hydrogen) atoms. The summed E-state index contributed by atoms with van der Waals surface area (Å²) in [5.41, 5.74) is 4.02. The predicted molar refractivity (Wildman–Crippen MR) is 113 cm³/mol. The largest absolute Gasteiger partial charge is 0.497 e. The number of hydrogen-bond donors (Lipinski definition) is 1. The van der Waals surface area contributed by atoms with Crippen molar-refractivity contribution >= 4 is 11.6 Å². The minimum absolute atomic E-state index is 0.0721. The summed E-state index contributed by atoms with van der Waals surface area (Å²) in [6.45, 7) is 1.55. The standard InChI is InChI=1S/C25H24N2O2/c1-29-20-13-11-19(12-14-20)23-25(15-16-26-23)21-9-5-6-10-22(21)27(24(25)28)17-18-7-3-2-4-8-18/h2-14,23,26H,15-17H2,1H3/p+1. The molecule has 4 nitrogen and oxygen atoms in total. The minimum Gasteiger partial charge on any atom is -0.497 e. The molecule has 3 aromatic rings. The molecule has 3 aromatic carbocycles. The van der Waals surface area contributed by atoms with Crippen molar-refractivity contribution in [3.63, 3.8) is 0 Å². The highest BCUT2D eigenvalue weighted by molar-refractivity contribution is 6.08. The summed E-state index contributed by atoms with van der Waals surface area (Å²) in [5, 5.41) is 2.32. The molecule has 2 atom stereocenters. The van der Waals surface area contributed by atoms with Gasteiger partial charge in [0.1, 0.15) is 17.2 Å². The monoisotopic (exact) mass is 385 g/mol. The van der Waals surface area contributed by atoms with Crippen LogP contribution in [0.15, 0.2) is 78.9 Å². The number of nitrogens with two attached hydrogens (primary N) is 1. The van der Waals surface area contributed by atoms with E-state index in [1.54, 1.807) is 7.11 Å². The Morgan fingerprint density at radius 1 is 1.00 bits per heavy atom. The summed E-state index contributed by atoms with van der Waals surface area (Å²) in [5.74, 6) is 1.06. The number of carbonyl (C=O) groups excluding carboxylic acids is 1. The number of benzene rings is 3. The Labute approximate surface area is 171 Å². The summed E-state index contributed by atoms with van der Waals surface area (Å²) >= 11 is 0. The van der Waals surface area contributed by atoms with Gasteiger partial charge in [0.25, 0.3) is 0 Å². The van der Waals surface area contributed by atoms with Gasteiger partial charge in [-0.1, -0.05) is 48.5 Å². The Kier molecular flexibility index (Phi) is 4.36. The number of methoxy groups -OCH3 is 1. The SMILES string of the molecule is COc1ccc(C2[NH2+]CCC23C(=O)N(Cc2ccccc2)c2ccccc23)cc1. The molecular formula is C25H25N2O2+. The molecule has 2 heterocycles. The van der Waals surface area contributed by atoms with Crippen LogP contribution >= 0.6 is 0 Å². The third kappa shape index (κ3) is 2.75. The number of nitrogens with zero attached hydrogens (tertiary/aromatic N) is 1. The van der Waals surface area contributed by atoms with Crippen LogP contribution in [0.2, 0.25) is 0 Å². The number of fused-ring (bicyclic) bond motifs is 2. The number of quaternary nitrogens is 1. The molecule has 1 spiro atoms. The first-order valence-electron chi connectivity index (χ1n) is 10.2. The fourth-order valence-corrected chi connectivity index (χ4v) is 5.08. The lowest BCUT2D eigenvalue weighted by molar-refractivity contribution is -0.679. The number of para-hydroxylation sites is 1. The van der Waals surface area contributed by atoms with Gasteiger partial charge in [0, 0.05) is 17.7 Å². The Morgan fingerprint density at radius 3 is 2.48 bits per heavy atom. The third-order valence-electron chi connectivity index (χ3n) is 6.43. The van der Waals surface area contributed by atoms with E-state index in [9.17, 15) is 4.79 Å². The van der Waals surface area contributed by atoms with E-state index in [0.717, 1.165) is 35.5 Å². The quantitative estimate of drug-likeness (QED) is 0.750. The number of ether oxygens (including phenoxy) is 1. The number of carbonyl (C=O) groups is 1. The van der Waals surface area contributed by atoms with Crippen molar-refractivity contribution in [2.45, 2.75) is 24.4 Å². The predicted octanol–water partition coefficient (Wildman–Crippen LogP) is 3.19. The van der Waals surface area contributed by atoms with Gasteiger partial charge in [-0.15, -0.1) is 0 Å². The Balaban J connectivity index is 1.59. The maximum Gasteiger partial charge on any atom is 0.244 e. The number of hydrogen-bond acceptors (Lipinski definition) is 2. The van der Waals surface area contributed by atoms with Crippen LogP contribution in [-0.2, 0) is 16.8 Å². The normalized spacial score (nSPS) is 22.9. The van der Waals surface area contributed by atoms with E-state index in [0.29, 0.717) is 6.54 Å². The van der Waals surface area contributed by atoms with Gasteiger partial charge in [0.05, 0.1) is 20.2 Å². The van der Waals surface area contributed by atoms with E-state index in [1.807, 2.05) is 41.3 Å². The van der Waals surface area contributed by atoms with Gasteiger partial charge < -0.3 is 15.0 Å². The number of amides is 1. The summed E-state index contributed by atoms with van der Waals surface area (Å²) in [6, 6.07) is 26.8. The van der Waals surface area contributed by atoms with Gasteiger partial charge in [0.15, 0.2) is 0 Å². The van der Waals surface area contributed by atoms with Gasteiger partial charge in [-0.3, -0.25) is 4.79 Å². The highest BCUT2D eigenvalue weighted by atomic mass is 16.5. The molecule has 2 unspecified atom stereocenters. The molecule has 0 radical (unpaired) electrons. The lowest BCUT2D eigenvalue weighted by Crippen LogP contribution is -2.83. The topological polar surface area (TPSA) is 46.1 Å². The lowest BCUT2D eigenvalue weighted by Gasteiger charge is -2.28. The summed E-state index contributed by atoms with van der Waals surface area (Å²) in [6.07, 6.45) is 0.852. The zero-order chi connectivity index (χ0) is 19.8. The maximum atomic E-state index is 14.0. The molecule has 4 heteroatoms.